The van der Waals surface area contributed by atoms with Gasteiger partial charge in [-0.3, -0.25) is 18.8 Å². The predicted octanol–water partition coefficient (Wildman–Crippen LogP) is 1.69. The highest BCUT2D eigenvalue weighted by molar-refractivity contribution is 7.92. The zero-order chi connectivity index (χ0) is 21.0. The number of rotatable bonds is 4. The largest absolute Gasteiger partial charge is 0.325 e. The van der Waals surface area contributed by atoms with Crippen molar-refractivity contribution in [2.45, 2.75) is 44.6 Å². The van der Waals surface area contributed by atoms with Gasteiger partial charge in [-0.15, -0.1) is 0 Å². The Labute approximate surface area is 170 Å². The maximum Gasteiger partial charge on any atom is 0.325 e. The van der Waals surface area contributed by atoms with Crippen LogP contribution in [0.25, 0.3) is 0 Å². The van der Waals surface area contributed by atoms with Crippen LogP contribution >= 0.6 is 0 Å². The van der Waals surface area contributed by atoms with E-state index < -0.39 is 21.6 Å². The smallest absolute Gasteiger partial charge is 0.323 e. The molecule has 1 saturated heterocycles. The van der Waals surface area contributed by atoms with Gasteiger partial charge in [-0.05, 0) is 48.9 Å². The lowest BCUT2D eigenvalue weighted by molar-refractivity contribution is -0.133. The molecule has 0 bridgehead atoms. The zero-order valence-corrected chi connectivity index (χ0v) is 17.4. The minimum absolute atomic E-state index is 0.0368. The summed E-state index contributed by atoms with van der Waals surface area (Å²) in [6.45, 7) is 2.00. The number of ketones is 1. The quantitative estimate of drug-likeness (QED) is 0.591. The number of imide groups is 1. The van der Waals surface area contributed by atoms with Crippen LogP contribution in [0.1, 0.15) is 48.5 Å². The Hall–Kier alpha value is -2.42. The molecule has 3 aliphatic rings. The van der Waals surface area contributed by atoms with E-state index in [0.29, 0.717) is 30.6 Å². The molecule has 4 rings (SSSR count). The fourth-order valence-electron chi connectivity index (χ4n) is 4.76. The highest BCUT2D eigenvalue weighted by Gasteiger charge is 2.55. The molecule has 1 aliphatic carbocycles. The molecule has 9 heteroatoms. The summed E-state index contributed by atoms with van der Waals surface area (Å²) in [6, 6.07) is 4.33. The van der Waals surface area contributed by atoms with Gasteiger partial charge in [0.15, 0.2) is 5.78 Å². The van der Waals surface area contributed by atoms with E-state index in [2.05, 4.69) is 5.32 Å². The second-order valence-electron chi connectivity index (χ2n) is 8.29. The van der Waals surface area contributed by atoms with Crippen LogP contribution in [-0.4, -0.2) is 55.9 Å². The van der Waals surface area contributed by atoms with E-state index in [4.69, 9.17) is 0 Å². The molecule has 2 aliphatic heterocycles. The van der Waals surface area contributed by atoms with Crippen molar-refractivity contribution in [1.29, 1.82) is 0 Å². The molecule has 156 valence electrons. The summed E-state index contributed by atoms with van der Waals surface area (Å²) in [5.74, 6) is -0.614. The van der Waals surface area contributed by atoms with Crippen molar-refractivity contribution >= 4 is 33.4 Å². The highest BCUT2D eigenvalue weighted by Crippen LogP contribution is 2.38. The van der Waals surface area contributed by atoms with Gasteiger partial charge in [-0.2, -0.15) is 0 Å². The van der Waals surface area contributed by atoms with Crippen molar-refractivity contribution in [2.24, 2.45) is 5.92 Å². The number of hydrogen-bond donors (Lipinski definition) is 1. The van der Waals surface area contributed by atoms with Gasteiger partial charge in [0.2, 0.25) is 10.0 Å². The fourth-order valence-corrected chi connectivity index (χ4v) is 5.72. The molecule has 1 saturated carbocycles. The first-order chi connectivity index (χ1) is 13.6. The predicted molar refractivity (Wildman–Crippen MR) is 107 cm³/mol. The third-order valence-corrected chi connectivity index (χ3v) is 7.64. The molecule has 8 nitrogen and oxygen atoms in total. The highest BCUT2D eigenvalue weighted by atomic mass is 32.2. The van der Waals surface area contributed by atoms with Crippen LogP contribution in [0, 0.1) is 5.92 Å². The standard InChI is InChI=1S/C20H25N3O5S/c1-13-5-3-4-9-20(13)18(25)22(19(26)21-20)12-17(24)15-6-7-16-14(11-15)8-10-23(16)29(2,27)28/h6-7,11,13H,3-5,8-10,12H2,1-2H3,(H,21,26)/t13-,20+/m0/s1. The van der Waals surface area contributed by atoms with Gasteiger partial charge in [-0.1, -0.05) is 19.8 Å². The van der Waals surface area contributed by atoms with Crippen molar-refractivity contribution in [2.75, 3.05) is 23.7 Å². The van der Waals surface area contributed by atoms with Crippen molar-refractivity contribution < 1.29 is 22.8 Å². The van der Waals surface area contributed by atoms with E-state index in [-0.39, 0.29) is 24.2 Å². The van der Waals surface area contributed by atoms with Crippen LogP contribution in [0.5, 0.6) is 0 Å². The van der Waals surface area contributed by atoms with Gasteiger partial charge >= 0.3 is 6.03 Å². The third kappa shape index (κ3) is 3.21. The second kappa shape index (κ2) is 6.83. The van der Waals surface area contributed by atoms with Crippen LogP contribution in [-0.2, 0) is 21.2 Å². The lowest BCUT2D eigenvalue weighted by Gasteiger charge is -2.36. The number of Topliss-reactive ketones (excluding diaryl/α,β-unsaturated/α-hetero) is 1. The Morgan fingerprint density at radius 2 is 2.03 bits per heavy atom. The summed E-state index contributed by atoms with van der Waals surface area (Å²) in [5.41, 5.74) is 0.839. The normalized spacial score (nSPS) is 26.8. The summed E-state index contributed by atoms with van der Waals surface area (Å²) in [5, 5.41) is 2.85. The molecule has 29 heavy (non-hydrogen) atoms. The number of carbonyl (C=O) groups is 3. The number of sulfonamides is 1. The van der Waals surface area contributed by atoms with Crippen molar-refractivity contribution in [3.05, 3.63) is 29.3 Å². The molecule has 1 aromatic carbocycles. The lowest BCUT2D eigenvalue weighted by atomic mass is 9.73. The maximum atomic E-state index is 13.0. The fraction of sp³-hybridized carbons (Fsp3) is 0.550. The number of anilines is 1. The Balaban J connectivity index is 1.53. The molecule has 0 unspecified atom stereocenters. The molecule has 2 atom stereocenters. The molecular weight excluding hydrogens is 394 g/mol. The number of nitrogens with one attached hydrogen (secondary N) is 1. The molecule has 3 amide bonds. The number of hydrogen-bond acceptors (Lipinski definition) is 5. The average Bonchev–Trinajstić information content (AvgIpc) is 3.19. The van der Waals surface area contributed by atoms with E-state index in [1.807, 2.05) is 6.92 Å². The van der Waals surface area contributed by atoms with E-state index >= 15 is 0 Å². The molecule has 0 aromatic heterocycles. The van der Waals surface area contributed by atoms with Crippen LogP contribution in [0.3, 0.4) is 0 Å². The van der Waals surface area contributed by atoms with E-state index in [0.717, 1.165) is 36.0 Å². The van der Waals surface area contributed by atoms with Crippen LogP contribution in [0.15, 0.2) is 18.2 Å². The summed E-state index contributed by atoms with van der Waals surface area (Å²) in [7, 11) is -3.36. The Bertz CT molecular complexity index is 1010. The second-order valence-corrected chi connectivity index (χ2v) is 10.2. The van der Waals surface area contributed by atoms with Gasteiger partial charge in [0.1, 0.15) is 5.54 Å². The number of benzene rings is 1. The Morgan fingerprint density at radius 3 is 2.72 bits per heavy atom. The van der Waals surface area contributed by atoms with Crippen molar-refractivity contribution in [1.82, 2.24) is 10.2 Å². The van der Waals surface area contributed by atoms with Crippen LogP contribution in [0.4, 0.5) is 10.5 Å². The number of fused-ring (bicyclic) bond motifs is 1. The number of urea groups is 1. The lowest BCUT2D eigenvalue weighted by Crippen LogP contribution is -2.54. The number of nitrogens with zero attached hydrogens (tertiary/aromatic N) is 2. The van der Waals surface area contributed by atoms with E-state index in [1.54, 1.807) is 18.2 Å². The van der Waals surface area contributed by atoms with E-state index in [1.165, 1.54) is 4.31 Å². The summed E-state index contributed by atoms with van der Waals surface area (Å²) in [6.07, 6.45) is 5.05. The topological polar surface area (TPSA) is 104 Å². The van der Waals surface area contributed by atoms with Crippen LogP contribution in [0.2, 0.25) is 0 Å². The van der Waals surface area contributed by atoms with Gasteiger partial charge in [-0.25, -0.2) is 13.2 Å². The maximum absolute atomic E-state index is 13.0. The van der Waals surface area contributed by atoms with Gasteiger partial charge in [0.05, 0.1) is 18.5 Å². The van der Waals surface area contributed by atoms with Crippen molar-refractivity contribution in [3.8, 4) is 0 Å². The first kappa shape index (κ1) is 19.9. The van der Waals surface area contributed by atoms with Crippen molar-refractivity contribution in [3.63, 3.8) is 0 Å². The first-order valence-corrected chi connectivity index (χ1v) is 11.8. The van der Waals surface area contributed by atoms with Gasteiger partial charge in [0.25, 0.3) is 5.91 Å². The summed E-state index contributed by atoms with van der Waals surface area (Å²) >= 11 is 0. The molecule has 1 N–H and O–H groups in total. The number of amides is 3. The first-order valence-electron chi connectivity index (χ1n) is 9.91. The third-order valence-electron chi connectivity index (χ3n) is 6.46. The minimum atomic E-state index is -3.36. The molecule has 2 fully saturated rings. The molecule has 2 heterocycles. The summed E-state index contributed by atoms with van der Waals surface area (Å²) < 4.78 is 25.0. The zero-order valence-electron chi connectivity index (χ0n) is 16.6. The van der Waals surface area contributed by atoms with Gasteiger partial charge < -0.3 is 5.32 Å². The Morgan fingerprint density at radius 1 is 1.28 bits per heavy atom. The molecular formula is C20H25N3O5S. The average molecular weight is 420 g/mol. The van der Waals surface area contributed by atoms with Gasteiger partial charge in [0, 0.05) is 12.1 Å². The summed E-state index contributed by atoms with van der Waals surface area (Å²) in [4.78, 5) is 39.4. The molecule has 1 spiro atoms. The Kier molecular flexibility index (Phi) is 4.68. The number of carbonyl (C=O) groups excluding carboxylic acids is 3. The van der Waals surface area contributed by atoms with E-state index in [9.17, 15) is 22.8 Å². The van der Waals surface area contributed by atoms with Crippen LogP contribution < -0.4 is 9.62 Å². The minimum Gasteiger partial charge on any atom is -0.323 e. The molecule has 0 radical (unpaired) electrons. The monoisotopic (exact) mass is 419 g/mol. The molecule has 1 aromatic rings. The SMILES string of the molecule is C[C@H]1CCCC[C@@]12NC(=O)N(CC(=O)c1ccc3c(c1)CCN3S(C)(=O)=O)C2=O.